The molecule has 1 saturated heterocycles. The molecular weight excluding hydrogens is 272 g/mol. The number of rotatable bonds is 3. The van der Waals surface area contributed by atoms with Crippen LogP contribution in [-0.4, -0.2) is 48.3 Å². The van der Waals surface area contributed by atoms with Crippen LogP contribution in [0.5, 0.6) is 0 Å². The lowest BCUT2D eigenvalue weighted by atomic mass is 10.2. The van der Waals surface area contributed by atoms with Crippen LogP contribution >= 0.6 is 0 Å². The molecule has 0 spiro atoms. The number of aliphatic imine (C=N–C) groups is 1. The third-order valence-electron chi connectivity index (χ3n) is 2.81. The van der Waals surface area contributed by atoms with Crippen molar-refractivity contribution in [3.63, 3.8) is 0 Å². The number of hydrogen-bond donors (Lipinski definition) is 1. The summed E-state index contributed by atoms with van der Waals surface area (Å²) in [6, 6.07) is 5.03. The number of aliphatic hydroxyl groups excluding tert-OH is 1. The number of aliphatic hydroxyl groups is 1. The molecule has 0 bridgehead atoms. The Bertz CT molecular complexity index is 608. The van der Waals surface area contributed by atoms with E-state index in [1.807, 2.05) is 0 Å². The second-order valence-electron chi connectivity index (χ2n) is 4.34. The molecule has 0 radical (unpaired) electrons. The number of nitro groups is 1. The highest BCUT2D eigenvalue weighted by atomic mass is 32.2. The molecule has 1 heterocycles. The van der Waals surface area contributed by atoms with Gasteiger partial charge in [0.25, 0.3) is 5.69 Å². The molecule has 1 aromatic carbocycles. The van der Waals surface area contributed by atoms with E-state index in [2.05, 4.69) is 4.99 Å². The standard InChI is InChI=1S/C11H12N2O5S/c14-11-7-19(17,18)6-10(11)12-5-8-1-3-9(4-2-8)13(15)16/h1-5,10-11,14H,6-7H2/t10-,11+/m0/s1. The minimum atomic E-state index is -3.22. The smallest absolute Gasteiger partial charge is 0.269 e. The molecule has 0 unspecified atom stereocenters. The Morgan fingerprint density at radius 3 is 2.42 bits per heavy atom. The fourth-order valence-corrected chi connectivity index (χ4v) is 3.52. The normalized spacial score (nSPS) is 25.7. The lowest BCUT2D eigenvalue weighted by molar-refractivity contribution is -0.384. The molecule has 0 aliphatic carbocycles. The monoisotopic (exact) mass is 284 g/mol. The SMILES string of the molecule is O=[N+]([O-])c1ccc(C=N[C@H]2CS(=O)(=O)C[C@H]2O)cc1. The molecule has 0 aromatic heterocycles. The van der Waals surface area contributed by atoms with Gasteiger partial charge in [-0.05, 0) is 17.7 Å². The number of nitrogens with zero attached hydrogens (tertiary/aromatic N) is 2. The third-order valence-corrected chi connectivity index (χ3v) is 4.51. The van der Waals surface area contributed by atoms with E-state index in [1.54, 1.807) is 0 Å². The Balaban J connectivity index is 2.09. The summed E-state index contributed by atoms with van der Waals surface area (Å²) in [6.07, 6.45) is 0.428. The number of hydrogen-bond acceptors (Lipinski definition) is 6. The van der Waals surface area contributed by atoms with E-state index in [-0.39, 0.29) is 17.2 Å². The van der Waals surface area contributed by atoms with E-state index in [0.29, 0.717) is 5.56 Å². The van der Waals surface area contributed by atoms with Crippen molar-refractivity contribution in [2.75, 3.05) is 11.5 Å². The summed E-state index contributed by atoms with van der Waals surface area (Å²) in [4.78, 5) is 14.0. The van der Waals surface area contributed by atoms with E-state index in [9.17, 15) is 23.6 Å². The van der Waals surface area contributed by atoms with Crippen molar-refractivity contribution in [2.45, 2.75) is 12.1 Å². The largest absolute Gasteiger partial charge is 0.390 e. The first kappa shape index (κ1) is 13.6. The zero-order valence-electron chi connectivity index (χ0n) is 9.84. The van der Waals surface area contributed by atoms with Crippen LogP contribution in [0.3, 0.4) is 0 Å². The summed E-state index contributed by atoms with van der Waals surface area (Å²) in [6.45, 7) is 0. The molecule has 7 nitrogen and oxygen atoms in total. The van der Waals surface area contributed by atoms with Crippen LogP contribution in [0.15, 0.2) is 29.3 Å². The van der Waals surface area contributed by atoms with Crippen molar-refractivity contribution in [2.24, 2.45) is 4.99 Å². The summed E-state index contributed by atoms with van der Waals surface area (Å²) >= 11 is 0. The Labute approximate surface area is 109 Å². The molecule has 2 rings (SSSR count). The molecule has 1 fully saturated rings. The molecular formula is C11H12N2O5S. The fourth-order valence-electron chi connectivity index (χ4n) is 1.82. The van der Waals surface area contributed by atoms with E-state index in [1.165, 1.54) is 30.5 Å². The van der Waals surface area contributed by atoms with Gasteiger partial charge in [-0.25, -0.2) is 8.42 Å². The van der Waals surface area contributed by atoms with Gasteiger partial charge >= 0.3 is 0 Å². The quantitative estimate of drug-likeness (QED) is 0.483. The Morgan fingerprint density at radius 2 is 1.95 bits per heavy atom. The van der Waals surface area contributed by atoms with Crippen molar-refractivity contribution < 1.29 is 18.4 Å². The minimum Gasteiger partial charge on any atom is -0.390 e. The maximum Gasteiger partial charge on any atom is 0.269 e. The molecule has 1 N–H and O–H groups in total. The van der Waals surface area contributed by atoms with Crippen LogP contribution in [0.1, 0.15) is 5.56 Å². The van der Waals surface area contributed by atoms with Crippen LogP contribution in [-0.2, 0) is 9.84 Å². The molecule has 0 amide bonds. The predicted octanol–water partition coefficient (Wildman–Crippen LogP) is 0.172. The van der Waals surface area contributed by atoms with E-state index in [0.717, 1.165) is 0 Å². The predicted molar refractivity (Wildman–Crippen MR) is 69.1 cm³/mol. The number of sulfone groups is 1. The van der Waals surface area contributed by atoms with Crippen molar-refractivity contribution in [1.82, 2.24) is 0 Å². The second kappa shape index (κ2) is 5.06. The van der Waals surface area contributed by atoms with Crippen LogP contribution in [0, 0.1) is 10.1 Å². The first-order valence-corrected chi connectivity index (χ1v) is 7.36. The van der Waals surface area contributed by atoms with Crippen LogP contribution in [0.2, 0.25) is 0 Å². The molecule has 1 aliphatic rings. The van der Waals surface area contributed by atoms with Gasteiger partial charge < -0.3 is 5.11 Å². The van der Waals surface area contributed by atoms with Crippen molar-refractivity contribution in [3.05, 3.63) is 39.9 Å². The summed E-state index contributed by atoms with van der Waals surface area (Å²) in [5.41, 5.74) is 0.586. The molecule has 102 valence electrons. The average molecular weight is 284 g/mol. The zero-order chi connectivity index (χ0) is 14.0. The highest BCUT2D eigenvalue weighted by molar-refractivity contribution is 7.91. The highest BCUT2D eigenvalue weighted by Crippen LogP contribution is 2.16. The van der Waals surface area contributed by atoms with E-state index >= 15 is 0 Å². The minimum absolute atomic E-state index is 0.0272. The van der Waals surface area contributed by atoms with Crippen molar-refractivity contribution >= 4 is 21.7 Å². The highest BCUT2D eigenvalue weighted by Gasteiger charge is 2.35. The lowest BCUT2D eigenvalue weighted by Crippen LogP contribution is -2.21. The molecule has 2 atom stereocenters. The van der Waals surface area contributed by atoms with Crippen LogP contribution < -0.4 is 0 Å². The van der Waals surface area contributed by atoms with Gasteiger partial charge in [0.15, 0.2) is 9.84 Å². The van der Waals surface area contributed by atoms with Crippen LogP contribution in [0.4, 0.5) is 5.69 Å². The maximum absolute atomic E-state index is 11.3. The van der Waals surface area contributed by atoms with Gasteiger partial charge in [0.1, 0.15) is 0 Å². The van der Waals surface area contributed by atoms with Gasteiger partial charge in [0.2, 0.25) is 0 Å². The van der Waals surface area contributed by atoms with Crippen LogP contribution in [0.25, 0.3) is 0 Å². The van der Waals surface area contributed by atoms with Gasteiger partial charge in [-0.1, -0.05) is 0 Å². The summed E-state index contributed by atoms with van der Waals surface area (Å²) in [5, 5.41) is 20.0. The summed E-state index contributed by atoms with van der Waals surface area (Å²) in [5.74, 6) is -0.438. The molecule has 1 aliphatic heterocycles. The molecule has 8 heteroatoms. The number of non-ortho nitro benzene ring substituents is 1. The van der Waals surface area contributed by atoms with E-state index in [4.69, 9.17) is 0 Å². The van der Waals surface area contributed by atoms with Gasteiger partial charge in [-0.3, -0.25) is 15.1 Å². The Kier molecular flexibility index (Phi) is 3.63. The first-order chi connectivity index (χ1) is 8.87. The Hall–Kier alpha value is -1.80. The van der Waals surface area contributed by atoms with Gasteiger partial charge in [0.05, 0.1) is 28.6 Å². The molecule has 0 saturated carbocycles. The van der Waals surface area contributed by atoms with Gasteiger partial charge in [-0.15, -0.1) is 0 Å². The number of nitro benzene ring substituents is 1. The van der Waals surface area contributed by atoms with Gasteiger partial charge in [-0.2, -0.15) is 0 Å². The summed E-state index contributed by atoms with van der Waals surface area (Å²) in [7, 11) is -3.22. The molecule has 1 aromatic rings. The average Bonchev–Trinajstić information content (AvgIpc) is 2.60. The lowest BCUT2D eigenvalue weighted by Gasteiger charge is -2.05. The number of benzene rings is 1. The summed E-state index contributed by atoms with van der Waals surface area (Å²) < 4.78 is 22.5. The maximum atomic E-state index is 11.3. The third kappa shape index (κ3) is 3.36. The fraction of sp³-hybridized carbons (Fsp3) is 0.364. The van der Waals surface area contributed by atoms with Crippen molar-refractivity contribution in [1.29, 1.82) is 0 Å². The first-order valence-electron chi connectivity index (χ1n) is 5.53. The second-order valence-corrected chi connectivity index (χ2v) is 6.49. The van der Waals surface area contributed by atoms with Gasteiger partial charge in [0, 0.05) is 18.3 Å². The zero-order valence-corrected chi connectivity index (χ0v) is 10.7. The van der Waals surface area contributed by atoms with E-state index < -0.39 is 26.9 Å². The topological polar surface area (TPSA) is 110 Å². The Morgan fingerprint density at radius 1 is 1.32 bits per heavy atom. The molecule has 19 heavy (non-hydrogen) atoms. The van der Waals surface area contributed by atoms with Crippen molar-refractivity contribution in [3.8, 4) is 0 Å².